The molecule has 8 heteroatoms. The zero-order valence-corrected chi connectivity index (χ0v) is 16.9. The number of hydrogen-bond donors (Lipinski definition) is 1. The van der Waals surface area contributed by atoms with Crippen LogP contribution in [0.3, 0.4) is 0 Å². The van der Waals surface area contributed by atoms with E-state index in [-0.39, 0.29) is 17.2 Å². The lowest BCUT2D eigenvalue weighted by atomic mass is 10.1. The minimum atomic E-state index is -3.62. The van der Waals surface area contributed by atoms with Crippen LogP contribution >= 0.6 is 0 Å². The summed E-state index contributed by atoms with van der Waals surface area (Å²) in [6.45, 7) is 1.92. The van der Waals surface area contributed by atoms with Gasteiger partial charge in [0.2, 0.25) is 15.9 Å². The standard InChI is InChI=1S/C19H24N2O5S/c1-13-6-7-14(10-18(13)26-5)11-19(22)20-16-12-15(8-9-17(16)25-4)27(23,24)21(2)3/h6-10,12H,11H2,1-5H3,(H,20,22). The lowest BCUT2D eigenvalue weighted by Crippen LogP contribution is -2.22. The molecule has 0 heterocycles. The first kappa shape index (κ1) is 20.7. The van der Waals surface area contributed by atoms with E-state index in [9.17, 15) is 13.2 Å². The van der Waals surface area contributed by atoms with Gasteiger partial charge in [-0.2, -0.15) is 0 Å². The molecule has 2 rings (SSSR count). The van der Waals surface area contributed by atoms with Crippen LogP contribution in [0.15, 0.2) is 41.3 Å². The second-order valence-corrected chi connectivity index (χ2v) is 8.33. The predicted octanol–water partition coefficient (Wildman–Crippen LogP) is 2.44. The van der Waals surface area contributed by atoms with Crippen LogP contribution in [0.1, 0.15) is 11.1 Å². The molecule has 0 fully saturated rings. The van der Waals surface area contributed by atoms with Gasteiger partial charge in [0, 0.05) is 14.1 Å². The van der Waals surface area contributed by atoms with Gasteiger partial charge in [-0.25, -0.2) is 12.7 Å². The van der Waals surface area contributed by atoms with Crippen molar-refractivity contribution in [2.75, 3.05) is 33.6 Å². The summed E-state index contributed by atoms with van der Waals surface area (Å²) in [5.41, 5.74) is 2.06. The minimum absolute atomic E-state index is 0.0700. The van der Waals surface area contributed by atoms with Gasteiger partial charge in [0.05, 0.1) is 31.2 Å². The fraction of sp³-hybridized carbons (Fsp3) is 0.316. The zero-order valence-electron chi connectivity index (χ0n) is 16.1. The predicted molar refractivity (Wildman–Crippen MR) is 104 cm³/mol. The lowest BCUT2D eigenvalue weighted by molar-refractivity contribution is -0.115. The summed E-state index contributed by atoms with van der Waals surface area (Å²) in [6, 6.07) is 9.88. The van der Waals surface area contributed by atoms with Gasteiger partial charge in [0.15, 0.2) is 0 Å². The second kappa shape index (κ2) is 8.41. The summed E-state index contributed by atoms with van der Waals surface area (Å²) < 4.78 is 36.3. The van der Waals surface area contributed by atoms with Crippen molar-refractivity contribution in [1.29, 1.82) is 0 Å². The molecule has 0 aromatic heterocycles. The normalized spacial score (nSPS) is 11.3. The number of carbonyl (C=O) groups is 1. The monoisotopic (exact) mass is 392 g/mol. The Labute approximate surface area is 160 Å². The van der Waals surface area contributed by atoms with Crippen molar-refractivity contribution in [3.05, 3.63) is 47.5 Å². The third-order valence-corrected chi connectivity index (χ3v) is 5.87. The molecule has 0 bridgehead atoms. The molecule has 0 aliphatic heterocycles. The fourth-order valence-corrected chi connectivity index (χ4v) is 3.44. The van der Waals surface area contributed by atoms with Gasteiger partial charge in [-0.3, -0.25) is 4.79 Å². The number of ether oxygens (including phenoxy) is 2. The lowest BCUT2D eigenvalue weighted by Gasteiger charge is -2.15. The summed E-state index contributed by atoms with van der Waals surface area (Å²) >= 11 is 0. The van der Waals surface area contributed by atoms with Gasteiger partial charge >= 0.3 is 0 Å². The number of amides is 1. The maximum atomic E-state index is 12.5. The van der Waals surface area contributed by atoms with Crippen LogP contribution in [0.2, 0.25) is 0 Å². The largest absolute Gasteiger partial charge is 0.496 e. The number of aryl methyl sites for hydroxylation is 1. The van der Waals surface area contributed by atoms with Crippen molar-refractivity contribution in [3.63, 3.8) is 0 Å². The Morgan fingerprint density at radius 3 is 2.30 bits per heavy atom. The first-order valence-electron chi connectivity index (χ1n) is 8.23. The van der Waals surface area contributed by atoms with Crippen LogP contribution < -0.4 is 14.8 Å². The molecular formula is C19H24N2O5S. The van der Waals surface area contributed by atoms with Gasteiger partial charge in [0.1, 0.15) is 11.5 Å². The Morgan fingerprint density at radius 1 is 1.04 bits per heavy atom. The molecule has 2 aromatic rings. The quantitative estimate of drug-likeness (QED) is 0.782. The van der Waals surface area contributed by atoms with Crippen LogP contribution in [0, 0.1) is 6.92 Å². The highest BCUT2D eigenvalue weighted by Gasteiger charge is 2.20. The molecule has 0 aliphatic rings. The summed E-state index contributed by atoms with van der Waals surface area (Å²) in [7, 11) is 2.30. The average molecular weight is 392 g/mol. The Balaban J connectivity index is 2.26. The molecule has 0 saturated carbocycles. The number of methoxy groups -OCH3 is 2. The molecule has 27 heavy (non-hydrogen) atoms. The number of nitrogens with zero attached hydrogens (tertiary/aromatic N) is 1. The molecule has 7 nitrogen and oxygen atoms in total. The summed E-state index contributed by atoms with van der Waals surface area (Å²) in [4.78, 5) is 12.5. The van der Waals surface area contributed by atoms with E-state index in [0.717, 1.165) is 15.4 Å². The summed E-state index contributed by atoms with van der Waals surface area (Å²) in [5.74, 6) is 0.790. The van der Waals surface area contributed by atoms with Gasteiger partial charge in [-0.15, -0.1) is 0 Å². The molecule has 0 unspecified atom stereocenters. The third-order valence-electron chi connectivity index (χ3n) is 4.06. The van der Waals surface area contributed by atoms with E-state index in [1.54, 1.807) is 13.2 Å². The van der Waals surface area contributed by atoms with Crippen LogP contribution in [-0.2, 0) is 21.2 Å². The SMILES string of the molecule is COc1cc(CC(=O)Nc2cc(S(=O)(=O)N(C)C)ccc2OC)ccc1C. The van der Waals surface area contributed by atoms with Gasteiger partial charge in [-0.1, -0.05) is 12.1 Å². The van der Waals surface area contributed by atoms with Crippen molar-refractivity contribution < 1.29 is 22.7 Å². The van der Waals surface area contributed by atoms with Crippen LogP contribution in [0.4, 0.5) is 5.69 Å². The molecule has 1 N–H and O–H groups in total. The van der Waals surface area contributed by atoms with Crippen molar-refractivity contribution in [2.24, 2.45) is 0 Å². The first-order chi connectivity index (χ1) is 12.7. The van der Waals surface area contributed by atoms with Gasteiger partial charge in [0.25, 0.3) is 0 Å². The fourth-order valence-electron chi connectivity index (χ4n) is 2.51. The molecule has 146 valence electrons. The highest BCUT2D eigenvalue weighted by Crippen LogP contribution is 2.29. The number of rotatable bonds is 7. The number of carbonyl (C=O) groups excluding carboxylic acids is 1. The topological polar surface area (TPSA) is 84.9 Å². The Bertz CT molecular complexity index is 939. The maximum absolute atomic E-state index is 12.5. The molecule has 0 spiro atoms. The highest BCUT2D eigenvalue weighted by atomic mass is 32.2. The van der Waals surface area contributed by atoms with Gasteiger partial charge < -0.3 is 14.8 Å². The number of nitrogens with one attached hydrogen (secondary N) is 1. The zero-order chi connectivity index (χ0) is 20.2. The van der Waals surface area contributed by atoms with Crippen LogP contribution in [0.5, 0.6) is 11.5 Å². The Morgan fingerprint density at radius 2 is 1.70 bits per heavy atom. The molecule has 0 aliphatic carbocycles. The third kappa shape index (κ3) is 4.78. The van der Waals surface area contributed by atoms with Crippen molar-refractivity contribution in [2.45, 2.75) is 18.2 Å². The highest BCUT2D eigenvalue weighted by molar-refractivity contribution is 7.89. The van der Waals surface area contributed by atoms with E-state index < -0.39 is 10.0 Å². The Kier molecular flexibility index (Phi) is 6.45. The number of benzene rings is 2. The van der Waals surface area contributed by atoms with E-state index in [1.807, 2.05) is 19.1 Å². The summed E-state index contributed by atoms with van der Waals surface area (Å²) in [5, 5.41) is 2.73. The van der Waals surface area contributed by atoms with Crippen molar-refractivity contribution in [1.82, 2.24) is 4.31 Å². The van der Waals surface area contributed by atoms with Crippen molar-refractivity contribution >= 4 is 21.6 Å². The molecular weight excluding hydrogens is 368 g/mol. The number of anilines is 1. The van der Waals surface area contributed by atoms with Crippen LogP contribution in [-0.4, -0.2) is 46.9 Å². The van der Waals surface area contributed by atoms with E-state index in [4.69, 9.17) is 9.47 Å². The second-order valence-electron chi connectivity index (χ2n) is 6.18. The molecule has 0 radical (unpaired) electrons. The minimum Gasteiger partial charge on any atom is -0.496 e. The van der Waals surface area contributed by atoms with Crippen LogP contribution in [0.25, 0.3) is 0 Å². The van der Waals surface area contributed by atoms with Gasteiger partial charge in [-0.05, 0) is 42.3 Å². The molecule has 0 saturated heterocycles. The maximum Gasteiger partial charge on any atom is 0.242 e. The van der Waals surface area contributed by atoms with E-state index in [1.165, 1.54) is 39.4 Å². The van der Waals surface area contributed by atoms with E-state index >= 15 is 0 Å². The smallest absolute Gasteiger partial charge is 0.242 e. The van der Waals surface area contributed by atoms with E-state index in [0.29, 0.717) is 17.2 Å². The molecule has 2 aromatic carbocycles. The first-order valence-corrected chi connectivity index (χ1v) is 9.67. The number of hydrogen-bond acceptors (Lipinski definition) is 5. The van der Waals surface area contributed by atoms with Crippen molar-refractivity contribution in [3.8, 4) is 11.5 Å². The molecule has 0 atom stereocenters. The Hall–Kier alpha value is -2.58. The average Bonchev–Trinajstić information content (AvgIpc) is 2.63. The van der Waals surface area contributed by atoms with E-state index in [2.05, 4.69) is 5.32 Å². The molecule has 1 amide bonds. The summed E-state index contributed by atoms with van der Waals surface area (Å²) in [6.07, 6.45) is 0.116. The number of sulfonamides is 1.